The molecular weight excluding hydrogens is 697 g/mol. The first-order chi connectivity index (χ1) is 26.4. The molecule has 2 atom stereocenters. The molecule has 54 heavy (non-hydrogen) atoms. The molecule has 0 aromatic heterocycles. The molecular formula is C45H82NO7P. The molecule has 0 heterocycles. The summed E-state index contributed by atoms with van der Waals surface area (Å²) in [4.78, 5) is 22.5. The van der Waals surface area contributed by atoms with Crippen LogP contribution in [0.5, 0.6) is 0 Å². The van der Waals surface area contributed by atoms with Crippen molar-refractivity contribution < 1.29 is 32.8 Å². The summed E-state index contributed by atoms with van der Waals surface area (Å²) in [5.74, 6) is -0.350. The number of unbranched alkanes of at least 4 members (excludes halogenated alkanes) is 18. The Bertz CT molecular complexity index is 1010. The van der Waals surface area contributed by atoms with Crippen LogP contribution in [0.2, 0.25) is 0 Å². The van der Waals surface area contributed by atoms with Gasteiger partial charge < -0.3 is 20.1 Å². The Morgan fingerprint density at radius 2 is 0.981 bits per heavy atom. The summed E-state index contributed by atoms with van der Waals surface area (Å²) in [6.45, 7) is 4.82. The average Bonchev–Trinajstić information content (AvgIpc) is 3.16. The van der Waals surface area contributed by atoms with E-state index < -0.39 is 13.9 Å². The number of carbonyl (C=O) groups excluding carboxylic acids is 1. The maximum absolute atomic E-state index is 12.6. The van der Waals surface area contributed by atoms with E-state index in [4.69, 9.17) is 24.3 Å². The van der Waals surface area contributed by atoms with Gasteiger partial charge in [-0.05, 0) is 83.5 Å². The van der Waals surface area contributed by atoms with Crippen LogP contribution in [0.3, 0.4) is 0 Å². The first kappa shape index (κ1) is 52.2. The number of carbonyl (C=O) groups is 1. The summed E-state index contributed by atoms with van der Waals surface area (Å²) in [6, 6.07) is 0. The molecule has 0 rings (SSSR count). The van der Waals surface area contributed by atoms with Gasteiger partial charge in [-0.25, -0.2) is 4.57 Å². The molecule has 0 amide bonds. The Balaban J connectivity index is 4.08. The van der Waals surface area contributed by atoms with Crippen molar-refractivity contribution in [3.8, 4) is 0 Å². The third-order valence-corrected chi connectivity index (χ3v) is 9.89. The Kier molecular flexibility index (Phi) is 40.9. The van der Waals surface area contributed by atoms with Gasteiger partial charge in [-0.1, -0.05) is 152 Å². The molecule has 2 unspecified atom stereocenters. The van der Waals surface area contributed by atoms with Crippen LogP contribution >= 0.6 is 7.82 Å². The molecule has 0 aliphatic heterocycles. The smallest absolute Gasteiger partial charge is 0.457 e. The third-order valence-electron chi connectivity index (χ3n) is 8.91. The summed E-state index contributed by atoms with van der Waals surface area (Å²) in [6.07, 6.45) is 50.9. The van der Waals surface area contributed by atoms with Gasteiger partial charge in [0, 0.05) is 19.6 Å². The third kappa shape index (κ3) is 41.4. The summed E-state index contributed by atoms with van der Waals surface area (Å²) in [7, 11) is -4.29. The zero-order chi connectivity index (χ0) is 39.5. The van der Waals surface area contributed by atoms with Crippen LogP contribution in [-0.2, 0) is 27.9 Å². The molecule has 314 valence electrons. The molecule has 0 aromatic carbocycles. The van der Waals surface area contributed by atoms with Gasteiger partial charge in [0.1, 0.15) is 6.10 Å². The molecule has 0 aliphatic carbocycles. The van der Waals surface area contributed by atoms with Crippen molar-refractivity contribution in [2.24, 2.45) is 5.73 Å². The van der Waals surface area contributed by atoms with Crippen molar-refractivity contribution in [2.45, 2.75) is 187 Å². The molecule has 8 nitrogen and oxygen atoms in total. The highest BCUT2D eigenvalue weighted by Crippen LogP contribution is 2.43. The van der Waals surface area contributed by atoms with Crippen molar-refractivity contribution in [2.75, 3.05) is 33.0 Å². The summed E-state index contributed by atoms with van der Waals surface area (Å²) in [5.41, 5.74) is 5.37. The molecule has 0 aromatic rings. The lowest BCUT2D eigenvalue weighted by atomic mass is 10.1. The lowest BCUT2D eigenvalue weighted by Gasteiger charge is -2.20. The minimum Gasteiger partial charge on any atom is -0.457 e. The van der Waals surface area contributed by atoms with Crippen LogP contribution in [0.15, 0.2) is 60.8 Å². The first-order valence-corrected chi connectivity index (χ1v) is 23.3. The molecule has 0 radical (unpaired) electrons. The molecule has 0 bridgehead atoms. The predicted molar refractivity (Wildman–Crippen MR) is 229 cm³/mol. The van der Waals surface area contributed by atoms with Crippen LogP contribution < -0.4 is 5.73 Å². The molecule has 0 fully saturated rings. The van der Waals surface area contributed by atoms with Gasteiger partial charge in [0.2, 0.25) is 0 Å². The van der Waals surface area contributed by atoms with Crippen LogP contribution in [0.4, 0.5) is 0 Å². The highest BCUT2D eigenvalue weighted by atomic mass is 31.2. The zero-order valence-electron chi connectivity index (χ0n) is 34.7. The quantitative estimate of drug-likeness (QED) is 0.0273. The minimum absolute atomic E-state index is 0.0935. The Morgan fingerprint density at radius 3 is 1.46 bits per heavy atom. The Morgan fingerprint density at radius 1 is 0.556 bits per heavy atom. The largest absolute Gasteiger partial charge is 0.472 e. The van der Waals surface area contributed by atoms with Crippen LogP contribution in [-0.4, -0.2) is 49.9 Å². The van der Waals surface area contributed by atoms with Crippen LogP contribution in [0.1, 0.15) is 181 Å². The van der Waals surface area contributed by atoms with Gasteiger partial charge in [-0.2, -0.15) is 0 Å². The number of ether oxygens (including phenoxy) is 2. The number of hydrogen-bond acceptors (Lipinski definition) is 7. The summed E-state index contributed by atoms with van der Waals surface area (Å²) >= 11 is 0. The number of phosphoric ester groups is 1. The standard InChI is InChI=1S/C45H82NO7P/c1-3-5-7-9-11-13-15-17-19-20-21-22-23-25-27-29-31-33-35-37-40-50-42-44(43-52-54(48,49)51-41-39-46)53-45(47)38-36-34-32-30-28-26-24-18-16-14-12-10-8-6-4-2/h11-14,17-19,21-22,24,44H,3-10,15-16,20,23,25-43,46H2,1-2H3,(H,48,49)/b13-11-,14-12-,19-17-,22-21-,24-18-. The van der Waals surface area contributed by atoms with Crippen molar-refractivity contribution in [3.63, 3.8) is 0 Å². The highest BCUT2D eigenvalue weighted by molar-refractivity contribution is 7.47. The second kappa shape index (κ2) is 42.3. The number of hydrogen-bond donors (Lipinski definition) is 2. The zero-order valence-corrected chi connectivity index (χ0v) is 35.6. The van der Waals surface area contributed by atoms with Crippen molar-refractivity contribution >= 4 is 13.8 Å². The molecule has 0 spiro atoms. The number of esters is 1. The number of phosphoric acid groups is 1. The molecule has 3 N–H and O–H groups in total. The van der Waals surface area contributed by atoms with Crippen molar-refractivity contribution in [1.82, 2.24) is 0 Å². The number of rotatable bonds is 41. The maximum atomic E-state index is 12.6. The van der Waals surface area contributed by atoms with Gasteiger partial charge in [0.15, 0.2) is 0 Å². The van der Waals surface area contributed by atoms with E-state index in [1.807, 2.05) is 0 Å². The van der Waals surface area contributed by atoms with Crippen molar-refractivity contribution in [1.29, 1.82) is 0 Å². The van der Waals surface area contributed by atoms with E-state index in [2.05, 4.69) is 74.6 Å². The SMILES string of the molecule is CCCCC/C=C\C/C=C\C/C=C\CCCCCCCCCOCC(COP(=O)(O)OCCN)OC(=O)CCCCCCC/C=C\C/C=C\CCCCC. The van der Waals surface area contributed by atoms with E-state index in [0.29, 0.717) is 13.0 Å². The summed E-state index contributed by atoms with van der Waals surface area (Å²) in [5, 5.41) is 0. The van der Waals surface area contributed by atoms with Crippen LogP contribution in [0, 0.1) is 0 Å². The number of nitrogens with two attached hydrogens (primary N) is 1. The lowest BCUT2D eigenvalue weighted by Crippen LogP contribution is -2.28. The van der Waals surface area contributed by atoms with E-state index >= 15 is 0 Å². The van der Waals surface area contributed by atoms with Gasteiger partial charge in [-0.3, -0.25) is 13.8 Å². The van der Waals surface area contributed by atoms with Gasteiger partial charge in [0.25, 0.3) is 0 Å². The fraction of sp³-hybridized carbons (Fsp3) is 0.756. The maximum Gasteiger partial charge on any atom is 0.472 e. The monoisotopic (exact) mass is 780 g/mol. The van der Waals surface area contributed by atoms with Gasteiger partial charge in [-0.15, -0.1) is 0 Å². The highest BCUT2D eigenvalue weighted by Gasteiger charge is 2.25. The second-order valence-corrected chi connectivity index (χ2v) is 15.7. The van der Waals surface area contributed by atoms with E-state index in [1.165, 1.54) is 77.0 Å². The van der Waals surface area contributed by atoms with Gasteiger partial charge in [0.05, 0.1) is 19.8 Å². The fourth-order valence-corrected chi connectivity index (χ4v) is 6.44. The normalized spacial score (nSPS) is 14.1. The lowest BCUT2D eigenvalue weighted by molar-refractivity contribution is -0.154. The molecule has 0 saturated heterocycles. The first-order valence-electron chi connectivity index (χ1n) is 21.8. The Labute approximate surface area is 332 Å². The number of allylic oxidation sites excluding steroid dienone is 10. The second-order valence-electron chi connectivity index (χ2n) is 14.2. The van der Waals surface area contributed by atoms with E-state index in [1.54, 1.807) is 0 Å². The van der Waals surface area contributed by atoms with Gasteiger partial charge >= 0.3 is 13.8 Å². The van der Waals surface area contributed by atoms with E-state index in [0.717, 1.165) is 83.5 Å². The Hall–Kier alpha value is -1.80. The molecule has 0 aliphatic rings. The predicted octanol–water partition coefficient (Wildman–Crippen LogP) is 13.0. The average molecular weight is 780 g/mol. The minimum atomic E-state index is -4.29. The van der Waals surface area contributed by atoms with Crippen LogP contribution in [0.25, 0.3) is 0 Å². The van der Waals surface area contributed by atoms with E-state index in [9.17, 15) is 14.3 Å². The molecule has 9 heteroatoms. The summed E-state index contributed by atoms with van der Waals surface area (Å²) < 4.78 is 33.4. The molecule has 0 saturated carbocycles. The van der Waals surface area contributed by atoms with Crippen molar-refractivity contribution in [3.05, 3.63) is 60.8 Å². The fourth-order valence-electron chi connectivity index (χ4n) is 5.68. The topological polar surface area (TPSA) is 117 Å². The van der Waals surface area contributed by atoms with E-state index in [-0.39, 0.29) is 32.3 Å².